The molecule has 10 heteroatoms. The highest BCUT2D eigenvalue weighted by Gasteiger charge is 2.30. The Kier molecular flexibility index (Phi) is 5.84. The van der Waals surface area contributed by atoms with Crippen molar-refractivity contribution >= 4 is 21.9 Å². The van der Waals surface area contributed by atoms with Gasteiger partial charge in [-0.05, 0) is 6.42 Å². The van der Waals surface area contributed by atoms with Crippen molar-refractivity contribution in [3.05, 3.63) is 0 Å². The van der Waals surface area contributed by atoms with Crippen molar-refractivity contribution in [2.45, 2.75) is 13.3 Å². The van der Waals surface area contributed by atoms with Gasteiger partial charge in [0.2, 0.25) is 0 Å². The number of nitrogens with one attached hydrogen (secondary N) is 1. The summed E-state index contributed by atoms with van der Waals surface area (Å²) in [4.78, 5) is 35.6. The molecule has 0 rings (SSSR count). The first kappa shape index (κ1) is 14.9. The number of rotatable bonds is 7. The standard InChI is InChI=1S/C5H13NO7P2/c1-5(4-7)2-3-6-14(8,9)13-15(10,11)12/h4-5H,2-3H2,1H3,(H2,6,8,9)(H2,10,11,12). The normalized spacial score (nSPS) is 18.1. The zero-order valence-electron chi connectivity index (χ0n) is 7.94. The fraction of sp³-hybridized carbons (Fsp3) is 0.800. The van der Waals surface area contributed by atoms with Crippen molar-refractivity contribution in [3.8, 4) is 0 Å². The van der Waals surface area contributed by atoms with Crippen molar-refractivity contribution < 1.29 is 32.9 Å². The van der Waals surface area contributed by atoms with Crippen LogP contribution in [0.5, 0.6) is 0 Å². The van der Waals surface area contributed by atoms with Crippen molar-refractivity contribution in [2.75, 3.05) is 6.54 Å². The van der Waals surface area contributed by atoms with E-state index in [0.717, 1.165) is 0 Å². The van der Waals surface area contributed by atoms with Gasteiger partial charge < -0.3 is 19.5 Å². The molecule has 15 heavy (non-hydrogen) atoms. The Balaban J connectivity index is 4.00. The van der Waals surface area contributed by atoms with Gasteiger partial charge in [-0.25, -0.2) is 14.2 Å². The van der Waals surface area contributed by atoms with Crippen LogP contribution in [0.3, 0.4) is 0 Å². The molecule has 0 fully saturated rings. The van der Waals surface area contributed by atoms with Gasteiger partial charge in [0, 0.05) is 12.5 Å². The molecule has 0 aromatic carbocycles. The van der Waals surface area contributed by atoms with E-state index in [1.54, 1.807) is 6.92 Å². The van der Waals surface area contributed by atoms with Gasteiger partial charge in [0.25, 0.3) is 0 Å². The quantitative estimate of drug-likeness (QED) is 0.372. The molecule has 0 aromatic heterocycles. The molecule has 0 aliphatic rings. The van der Waals surface area contributed by atoms with E-state index in [-0.39, 0.29) is 18.9 Å². The third-order valence-electron chi connectivity index (χ3n) is 1.36. The lowest BCUT2D eigenvalue weighted by Gasteiger charge is -2.13. The molecule has 2 unspecified atom stereocenters. The first-order valence-corrected chi connectivity index (χ1v) is 7.07. The minimum atomic E-state index is -5.00. The molecule has 4 N–H and O–H groups in total. The fourth-order valence-corrected chi connectivity index (χ4v) is 2.47. The minimum absolute atomic E-state index is 0.0618. The van der Waals surface area contributed by atoms with Gasteiger partial charge in [-0.1, -0.05) is 6.92 Å². The summed E-state index contributed by atoms with van der Waals surface area (Å²) < 4.78 is 24.8. The third kappa shape index (κ3) is 8.89. The van der Waals surface area contributed by atoms with Crippen molar-refractivity contribution in [3.63, 3.8) is 0 Å². The molecule has 0 aliphatic heterocycles. The molecule has 2 atom stereocenters. The molecule has 0 saturated carbocycles. The number of carbonyl (C=O) groups excluding carboxylic acids is 1. The van der Waals surface area contributed by atoms with E-state index in [1.807, 2.05) is 5.09 Å². The molecule has 0 spiro atoms. The highest BCUT2D eigenvalue weighted by atomic mass is 31.3. The Hall–Kier alpha value is -0.0700. The maximum atomic E-state index is 10.9. The van der Waals surface area contributed by atoms with E-state index in [0.29, 0.717) is 6.29 Å². The lowest BCUT2D eigenvalue weighted by molar-refractivity contribution is -0.110. The molecule has 0 aliphatic carbocycles. The lowest BCUT2D eigenvalue weighted by atomic mass is 10.1. The van der Waals surface area contributed by atoms with E-state index >= 15 is 0 Å². The molecule has 0 saturated heterocycles. The highest BCUT2D eigenvalue weighted by Crippen LogP contribution is 2.54. The van der Waals surface area contributed by atoms with Crippen LogP contribution < -0.4 is 5.09 Å². The van der Waals surface area contributed by atoms with E-state index in [9.17, 15) is 13.9 Å². The molecule has 90 valence electrons. The minimum Gasteiger partial charge on any atom is -0.312 e. The summed E-state index contributed by atoms with van der Waals surface area (Å²) in [6.07, 6.45) is 0.923. The first-order chi connectivity index (χ1) is 6.66. The fourth-order valence-electron chi connectivity index (χ4n) is 0.675. The molecule has 0 radical (unpaired) electrons. The Morgan fingerprint density at radius 3 is 2.33 bits per heavy atom. The van der Waals surface area contributed by atoms with Gasteiger partial charge in [0.05, 0.1) is 0 Å². The van der Waals surface area contributed by atoms with Crippen molar-refractivity contribution in [2.24, 2.45) is 5.92 Å². The summed E-state index contributed by atoms with van der Waals surface area (Å²) in [7, 11) is -9.51. The van der Waals surface area contributed by atoms with Gasteiger partial charge in [-0.15, -0.1) is 0 Å². The summed E-state index contributed by atoms with van der Waals surface area (Å²) in [5, 5.41) is 1.92. The van der Waals surface area contributed by atoms with Crippen LogP contribution in [-0.2, 0) is 18.2 Å². The second-order valence-electron chi connectivity index (χ2n) is 2.90. The van der Waals surface area contributed by atoms with E-state index in [1.165, 1.54) is 0 Å². The predicted octanol–water partition coefficient (Wildman–Crippen LogP) is 0.0108. The second-order valence-corrected chi connectivity index (χ2v) is 5.89. The molecule has 0 bridgehead atoms. The zero-order valence-corrected chi connectivity index (χ0v) is 9.73. The zero-order chi connectivity index (χ0) is 12.1. The Morgan fingerprint density at radius 2 is 1.93 bits per heavy atom. The van der Waals surface area contributed by atoms with Crippen LogP contribution in [0.2, 0.25) is 0 Å². The van der Waals surface area contributed by atoms with Crippen LogP contribution in [-0.4, -0.2) is 27.5 Å². The lowest BCUT2D eigenvalue weighted by Crippen LogP contribution is -2.15. The summed E-state index contributed by atoms with van der Waals surface area (Å²) in [5.74, 6) is -0.312. The Bertz CT molecular complexity index is 300. The molecule has 0 heterocycles. The molecular weight excluding hydrogens is 248 g/mol. The van der Waals surface area contributed by atoms with Crippen LogP contribution in [0.15, 0.2) is 0 Å². The average molecular weight is 261 g/mol. The van der Waals surface area contributed by atoms with Gasteiger partial charge in [-0.2, -0.15) is 4.31 Å². The number of hydrogen-bond acceptors (Lipinski definition) is 4. The molecule has 8 nitrogen and oxygen atoms in total. The SMILES string of the molecule is CC(C=O)CCNP(=O)(O)OP(=O)(O)O. The molecular formula is C5H13NO7P2. The largest absolute Gasteiger partial charge is 0.477 e. The topological polar surface area (TPSA) is 133 Å². The molecule has 0 amide bonds. The summed E-state index contributed by atoms with van der Waals surface area (Å²) >= 11 is 0. The number of phosphoric acid groups is 1. The van der Waals surface area contributed by atoms with E-state index < -0.39 is 15.6 Å². The van der Waals surface area contributed by atoms with Crippen LogP contribution >= 0.6 is 15.6 Å². The monoisotopic (exact) mass is 261 g/mol. The summed E-state index contributed by atoms with van der Waals surface area (Å²) in [6, 6.07) is 0. The maximum absolute atomic E-state index is 10.9. The van der Waals surface area contributed by atoms with Gasteiger partial charge in [-0.3, -0.25) is 0 Å². The smallest absolute Gasteiger partial charge is 0.312 e. The van der Waals surface area contributed by atoms with E-state index in [4.69, 9.17) is 14.7 Å². The number of aldehydes is 1. The van der Waals surface area contributed by atoms with Gasteiger partial charge in [0.1, 0.15) is 6.29 Å². The van der Waals surface area contributed by atoms with Crippen LogP contribution in [0.25, 0.3) is 0 Å². The second kappa shape index (κ2) is 5.86. The van der Waals surface area contributed by atoms with Crippen molar-refractivity contribution in [1.29, 1.82) is 0 Å². The van der Waals surface area contributed by atoms with Crippen LogP contribution in [0, 0.1) is 5.92 Å². The maximum Gasteiger partial charge on any atom is 0.477 e. The Labute approximate surface area is 86.5 Å². The van der Waals surface area contributed by atoms with Crippen LogP contribution in [0.4, 0.5) is 0 Å². The predicted molar refractivity (Wildman–Crippen MR) is 50.8 cm³/mol. The summed E-state index contributed by atoms with van der Waals surface area (Å²) in [6.45, 7) is 1.54. The van der Waals surface area contributed by atoms with E-state index in [2.05, 4.69) is 4.31 Å². The van der Waals surface area contributed by atoms with Gasteiger partial charge >= 0.3 is 15.6 Å². The average Bonchev–Trinajstić information content (AvgIpc) is 1.98. The van der Waals surface area contributed by atoms with Crippen molar-refractivity contribution in [1.82, 2.24) is 5.09 Å². The number of hydrogen-bond donors (Lipinski definition) is 4. The molecule has 0 aromatic rings. The highest BCUT2D eigenvalue weighted by molar-refractivity contribution is 7.62. The van der Waals surface area contributed by atoms with Crippen LogP contribution in [0.1, 0.15) is 13.3 Å². The third-order valence-corrected chi connectivity index (χ3v) is 3.72. The number of carbonyl (C=O) groups is 1. The van der Waals surface area contributed by atoms with Gasteiger partial charge in [0.15, 0.2) is 0 Å². The Morgan fingerprint density at radius 1 is 1.40 bits per heavy atom. The summed E-state index contributed by atoms with van der Waals surface area (Å²) in [5.41, 5.74) is 0. The first-order valence-electron chi connectivity index (χ1n) is 3.96.